The third-order valence-electron chi connectivity index (χ3n) is 3.03. The van der Waals surface area contributed by atoms with Gasteiger partial charge in [-0.2, -0.15) is 13.2 Å². The molecule has 4 nitrogen and oxygen atoms in total. The highest BCUT2D eigenvalue weighted by molar-refractivity contribution is 5.88. The molecule has 0 aromatic heterocycles. The van der Waals surface area contributed by atoms with E-state index in [0.717, 1.165) is 0 Å². The van der Waals surface area contributed by atoms with Gasteiger partial charge in [-0.15, -0.1) is 0 Å². The van der Waals surface area contributed by atoms with Crippen LogP contribution in [0.2, 0.25) is 0 Å². The fourth-order valence-electron chi connectivity index (χ4n) is 1.99. The maximum Gasteiger partial charge on any atom is 0.389 e. The van der Waals surface area contributed by atoms with Crippen LogP contribution in [0, 0.1) is 0 Å². The van der Waals surface area contributed by atoms with Crippen molar-refractivity contribution in [1.82, 2.24) is 4.90 Å². The number of rotatable bonds is 5. The summed E-state index contributed by atoms with van der Waals surface area (Å²) in [6.45, 7) is 1.71. The summed E-state index contributed by atoms with van der Waals surface area (Å²) >= 11 is 0. The Hall–Kier alpha value is -1.79. The number of alkyl halides is 3. The number of halogens is 3. The summed E-state index contributed by atoms with van der Waals surface area (Å²) in [5.41, 5.74) is 5.60. The van der Waals surface area contributed by atoms with Crippen molar-refractivity contribution < 1.29 is 22.8 Å². The summed E-state index contributed by atoms with van der Waals surface area (Å²) in [7, 11) is 0. The van der Waals surface area contributed by atoms with Crippen molar-refractivity contribution in [3.63, 3.8) is 0 Å². The summed E-state index contributed by atoms with van der Waals surface area (Å²) in [6.07, 6.45) is -0.871. The highest BCUT2D eigenvalue weighted by Gasteiger charge is 2.29. The van der Waals surface area contributed by atoms with E-state index < -0.39 is 30.5 Å². The van der Waals surface area contributed by atoms with Crippen molar-refractivity contribution in [3.8, 4) is 0 Å². The lowest BCUT2D eigenvalue weighted by atomic mass is 10.1. The monoisotopic (exact) mass is 290 g/mol. The molecule has 1 atom stereocenters. The molecule has 1 rings (SSSR count). The maximum absolute atomic E-state index is 12.2. The van der Waals surface area contributed by atoms with Gasteiger partial charge in [0.2, 0.25) is 11.8 Å². The fourth-order valence-corrected chi connectivity index (χ4v) is 1.99. The van der Waals surface area contributed by atoms with Crippen LogP contribution in [0.1, 0.15) is 32.6 Å². The van der Waals surface area contributed by atoms with Gasteiger partial charge in [0, 0.05) is 19.0 Å². The van der Waals surface area contributed by atoms with E-state index in [0.29, 0.717) is 12.0 Å². The topological polar surface area (TPSA) is 63.4 Å². The first-order chi connectivity index (χ1) is 9.24. The molecule has 1 aliphatic rings. The Morgan fingerprint density at radius 1 is 1.50 bits per heavy atom. The predicted octanol–water partition coefficient (Wildman–Crippen LogP) is 2.27. The molecule has 0 radical (unpaired) electrons. The fraction of sp³-hybridized carbons (Fsp3) is 0.538. The molecule has 0 aromatic rings. The van der Waals surface area contributed by atoms with Gasteiger partial charge < -0.3 is 10.6 Å². The van der Waals surface area contributed by atoms with Crippen LogP contribution in [0.15, 0.2) is 23.9 Å². The van der Waals surface area contributed by atoms with E-state index in [4.69, 9.17) is 5.73 Å². The van der Waals surface area contributed by atoms with Crippen molar-refractivity contribution >= 4 is 11.8 Å². The molecule has 1 aliphatic heterocycles. The highest BCUT2D eigenvalue weighted by atomic mass is 19.4. The molecule has 0 aromatic carbocycles. The standard InChI is InChI=1S/C13H17F3N2O2/c1-2-10(12(17)20)18-7-3-4-9(8-11(18)19)5-6-13(14,15)16/h3-4,7,10H,2,5-6,8H2,1H3,(H2,17,20). The van der Waals surface area contributed by atoms with Crippen LogP contribution < -0.4 is 5.73 Å². The zero-order valence-corrected chi connectivity index (χ0v) is 11.1. The number of nitrogens with zero attached hydrogens (tertiary/aromatic N) is 1. The lowest BCUT2D eigenvalue weighted by Crippen LogP contribution is -2.44. The zero-order chi connectivity index (χ0) is 15.3. The Bertz CT molecular complexity index is 441. The third kappa shape index (κ3) is 4.71. The van der Waals surface area contributed by atoms with Crippen molar-refractivity contribution in [3.05, 3.63) is 23.9 Å². The molecular weight excluding hydrogens is 273 g/mol. The first-order valence-electron chi connectivity index (χ1n) is 6.28. The predicted molar refractivity (Wildman–Crippen MR) is 67.2 cm³/mol. The molecule has 20 heavy (non-hydrogen) atoms. The van der Waals surface area contributed by atoms with E-state index in [1.165, 1.54) is 23.3 Å². The van der Waals surface area contributed by atoms with Crippen LogP contribution >= 0.6 is 0 Å². The maximum atomic E-state index is 12.2. The number of hydrogen-bond acceptors (Lipinski definition) is 2. The van der Waals surface area contributed by atoms with E-state index in [1.807, 2.05) is 0 Å². The molecule has 0 saturated heterocycles. The van der Waals surface area contributed by atoms with Crippen LogP contribution in [-0.2, 0) is 9.59 Å². The van der Waals surface area contributed by atoms with E-state index in [1.54, 1.807) is 6.92 Å². The number of nitrogens with two attached hydrogens (primary N) is 1. The van der Waals surface area contributed by atoms with Gasteiger partial charge in [0.05, 0.1) is 0 Å². The third-order valence-corrected chi connectivity index (χ3v) is 3.03. The number of carbonyl (C=O) groups is 2. The second-order valence-corrected chi connectivity index (χ2v) is 4.59. The summed E-state index contributed by atoms with van der Waals surface area (Å²) < 4.78 is 36.5. The molecule has 2 N–H and O–H groups in total. The largest absolute Gasteiger partial charge is 0.389 e. The zero-order valence-electron chi connectivity index (χ0n) is 11.1. The Labute approximate surface area is 115 Å². The van der Waals surface area contributed by atoms with Gasteiger partial charge in [0.15, 0.2) is 0 Å². The highest BCUT2D eigenvalue weighted by Crippen LogP contribution is 2.26. The van der Waals surface area contributed by atoms with Crippen LogP contribution in [0.5, 0.6) is 0 Å². The van der Waals surface area contributed by atoms with E-state index in [-0.39, 0.29) is 12.8 Å². The smallest absolute Gasteiger partial charge is 0.368 e. The van der Waals surface area contributed by atoms with Gasteiger partial charge in [-0.1, -0.05) is 18.6 Å². The lowest BCUT2D eigenvalue weighted by molar-refractivity contribution is -0.137. The number of primary amides is 1. The van der Waals surface area contributed by atoms with E-state index >= 15 is 0 Å². The summed E-state index contributed by atoms with van der Waals surface area (Å²) in [5, 5.41) is 0. The molecule has 2 amide bonds. The number of carbonyl (C=O) groups excluding carboxylic acids is 2. The first-order valence-corrected chi connectivity index (χ1v) is 6.28. The van der Waals surface area contributed by atoms with Gasteiger partial charge in [-0.05, 0) is 18.9 Å². The summed E-state index contributed by atoms with van der Waals surface area (Å²) in [4.78, 5) is 24.4. The Morgan fingerprint density at radius 2 is 2.15 bits per heavy atom. The Morgan fingerprint density at radius 3 is 2.65 bits per heavy atom. The molecule has 1 unspecified atom stereocenters. The van der Waals surface area contributed by atoms with Crippen molar-refractivity contribution in [2.75, 3.05) is 0 Å². The summed E-state index contributed by atoms with van der Waals surface area (Å²) in [5.74, 6) is -1.05. The normalized spacial score (nSPS) is 17.7. The SMILES string of the molecule is CCC(C(N)=O)N1C=CC=C(CCC(F)(F)F)CC1=O. The average Bonchev–Trinajstić information content (AvgIpc) is 2.49. The van der Waals surface area contributed by atoms with Gasteiger partial charge in [0.25, 0.3) is 0 Å². The van der Waals surface area contributed by atoms with Crippen molar-refractivity contribution in [1.29, 1.82) is 0 Å². The lowest BCUT2D eigenvalue weighted by Gasteiger charge is -2.25. The van der Waals surface area contributed by atoms with Gasteiger partial charge >= 0.3 is 6.18 Å². The van der Waals surface area contributed by atoms with E-state index in [9.17, 15) is 22.8 Å². The number of allylic oxidation sites excluding steroid dienone is 2. The van der Waals surface area contributed by atoms with Crippen LogP contribution in [0.3, 0.4) is 0 Å². The number of hydrogen-bond donors (Lipinski definition) is 1. The summed E-state index contributed by atoms with van der Waals surface area (Å²) in [6, 6.07) is -0.769. The minimum Gasteiger partial charge on any atom is -0.368 e. The molecular formula is C13H17F3N2O2. The van der Waals surface area contributed by atoms with Gasteiger partial charge in [0.1, 0.15) is 6.04 Å². The molecule has 0 saturated carbocycles. The molecule has 0 aliphatic carbocycles. The minimum absolute atomic E-state index is 0.132. The van der Waals surface area contributed by atoms with Gasteiger partial charge in [-0.25, -0.2) is 0 Å². The number of amides is 2. The van der Waals surface area contributed by atoms with Crippen molar-refractivity contribution in [2.45, 2.75) is 44.8 Å². The van der Waals surface area contributed by atoms with Crippen LogP contribution in [0.4, 0.5) is 13.2 Å². The second kappa shape index (κ2) is 6.58. The Kier molecular flexibility index (Phi) is 5.35. The van der Waals surface area contributed by atoms with Crippen LogP contribution in [0.25, 0.3) is 0 Å². The van der Waals surface area contributed by atoms with Crippen LogP contribution in [-0.4, -0.2) is 28.9 Å². The molecule has 7 heteroatoms. The average molecular weight is 290 g/mol. The molecule has 1 heterocycles. The molecule has 0 fully saturated rings. The minimum atomic E-state index is -4.25. The van der Waals surface area contributed by atoms with E-state index in [2.05, 4.69) is 0 Å². The molecule has 112 valence electrons. The second-order valence-electron chi connectivity index (χ2n) is 4.59. The first kappa shape index (κ1) is 16.3. The quantitative estimate of drug-likeness (QED) is 0.844. The molecule has 0 spiro atoms. The Balaban J connectivity index is 2.72. The van der Waals surface area contributed by atoms with Crippen molar-refractivity contribution in [2.24, 2.45) is 5.73 Å². The molecule has 0 bridgehead atoms. The van der Waals surface area contributed by atoms with Gasteiger partial charge in [-0.3, -0.25) is 9.59 Å².